The normalized spacial score (nSPS) is 10.4. The quantitative estimate of drug-likeness (QED) is 0.702. The van der Waals surface area contributed by atoms with Crippen LogP contribution in [-0.4, -0.2) is 4.57 Å². The number of aryl methyl sites for hydroxylation is 1. The molecule has 0 saturated carbocycles. The summed E-state index contributed by atoms with van der Waals surface area (Å²) in [6, 6.07) is 8.04. The van der Waals surface area contributed by atoms with Gasteiger partial charge in [0.25, 0.3) is 0 Å². The van der Waals surface area contributed by atoms with Gasteiger partial charge in [0.05, 0.1) is 17.5 Å². The summed E-state index contributed by atoms with van der Waals surface area (Å²) >= 11 is 6.09. The van der Waals surface area contributed by atoms with Crippen molar-refractivity contribution < 1.29 is 0 Å². The van der Waals surface area contributed by atoms with E-state index < -0.39 is 0 Å². The molecule has 14 heavy (non-hydrogen) atoms. The first-order valence-corrected chi connectivity index (χ1v) is 4.71. The summed E-state index contributed by atoms with van der Waals surface area (Å²) in [6.45, 7) is 0. The Morgan fingerprint density at radius 2 is 2.29 bits per heavy atom. The van der Waals surface area contributed by atoms with Crippen LogP contribution in [0.4, 0.5) is 0 Å². The van der Waals surface area contributed by atoms with Crippen molar-refractivity contribution >= 4 is 22.5 Å². The highest BCUT2D eigenvalue weighted by molar-refractivity contribution is 6.35. The van der Waals surface area contributed by atoms with E-state index in [2.05, 4.69) is 6.07 Å². The molecule has 0 aliphatic heterocycles. The van der Waals surface area contributed by atoms with E-state index in [0.29, 0.717) is 11.4 Å². The molecule has 70 valence electrons. The number of hydrogen-bond acceptors (Lipinski definition) is 1. The number of fused-ring (bicyclic) bond motifs is 1. The maximum absolute atomic E-state index is 8.68. The summed E-state index contributed by atoms with van der Waals surface area (Å²) < 4.78 is 1.97. The zero-order valence-electron chi connectivity index (χ0n) is 7.79. The zero-order valence-corrected chi connectivity index (χ0v) is 8.54. The maximum Gasteiger partial charge on any atom is 0.0669 e. The first-order chi connectivity index (χ1) is 6.74. The smallest absolute Gasteiger partial charge is 0.0669 e. The van der Waals surface area contributed by atoms with Crippen molar-refractivity contribution in [3.05, 3.63) is 35.0 Å². The minimum atomic E-state index is 0.404. The molecule has 2 nitrogen and oxygen atoms in total. The fraction of sp³-hybridized carbons (Fsp3) is 0.182. The van der Waals surface area contributed by atoms with Gasteiger partial charge < -0.3 is 4.57 Å². The van der Waals surface area contributed by atoms with E-state index in [1.54, 1.807) is 0 Å². The second-order valence-corrected chi connectivity index (χ2v) is 3.64. The van der Waals surface area contributed by atoms with Crippen LogP contribution in [0.2, 0.25) is 5.02 Å². The molecule has 1 aromatic carbocycles. The number of nitrogens with zero attached hydrogens (tertiary/aromatic N) is 2. The van der Waals surface area contributed by atoms with Gasteiger partial charge in [0.2, 0.25) is 0 Å². The van der Waals surface area contributed by atoms with E-state index in [0.717, 1.165) is 16.5 Å². The first-order valence-electron chi connectivity index (χ1n) is 4.33. The largest absolute Gasteiger partial charge is 0.349 e. The summed E-state index contributed by atoms with van der Waals surface area (Å²) in [7, 11) is 1.95. The molecule has 0 spiro atoms. The van der Waals surface area contributed by atoms with Crippen molar-refractivity contribution in [2.75, 3.05) is 0 Å². The monoisotopic (exact) mass is 204 g/mol. The molecule has 0 aliphatic rings. The highest BCUT2D eigenvalue weighted by Crippen LogP contribution is 2.28. The van der Waals surface area contributed by atoms with E-state index >= 15 is 0 Å². The lowest BCUT2D eigenvalue weighted by molar-refractivity contribution is 0.969. The van der Waals surface area contributed by atoms with Crippen LogP contribution < -0.4 is 0 Å². The first kappa shape index (κ1) is 9.11. The molecule has 0 atom stereocenters. The summed E-state index contributed by atoms with van der Waals surface area (Å²) in [5, 5.41) is 10.4. The molecule has 1 aromatic heterocycles. The van der Waals surface area contributed by atoms with Crippen LogP contribution in [0.15, 0.2) is 24.4 Å². The summed E-state index contributed by atoms with van der Waals surface area (Å²) in [5.41, 5.74) is 2.07. The molecule has 0 radical (unpaired) electrons. The summed E-state index contributed by atoms with van der Waals surface area (Å²) in [6.07, 6.45) is 2.27. The van der Waals surface area contributed by atoms with Crippen molar-refractivity contribution in [3.63, 3.8) is 0 Å². The minimum Gasteiger partial charge on any atom is -0.349 e. The van der Waals surface area contributed by atoms with E-state index in [1.165, 1.54) is 0 Å². The van der Waals surface area contributed by atoms with Gasteiger partial charge in [-0.1, -0.05) is 23.7 Å². The molecule has 0 fully saturated rings. The van der Waals surface area contributed by atoms with Crippen molar-refractivity contribution in [1.29, 1.82) is 5.26 Å². The maximum atomic E-state index is 8.68. The number of aromatic nitrogens is 1. The molecular weight excluding hydrogens is 196 g/mol. The molecule has 1 heterocycles. The molecule has 2 rings (SSSR count). The fourth-order valence-electron chi connectivity index (χ4n) is 1.69. The van der Waals surface area contributed by atoms with Crippen LogP contribution in [0.25, 0.3) is 10.9 Å². The summed E-state index contributed by atoms with van der Waals surface area (Å²) in [5.74, 6) is 0. The van der Waals surface area contributed by atoms with Gasteiger partial charge in [-0.15, -0.1) is 0 Å². The van der Waals surface area contributed by atoms with E-state index in [1.807, 2.05) is 36.0 Å². The Hall–Kier alpha value is -1.46. The standard InChI is InChI=1S/C11H9ClN2/c1-14-7-9(12)11-8(5-6-13)3-2-4-10(11)14/h2-4,7H,5H2,1H3. The van der Waals surface area contributed by atoms with Crippen LogP contribution >= 0.6 is 11.6 Å². The van der Waals surface area contributed by atoms with Crippen molar-refractivity contribution in [2.45, 2.75) is 6.42 Å². The van der Waals surface area contributed by atoms with E-state index in [-0.39, 0.29) is 0 Å². The van der Waals surface area contributed by atoms with Gasteiger partial charge in [0, 0.05) is 24.1 Å². The Morgan fingerprint density at radius 3 is 3.00 bits per heavy atom. The number of hydrogen-bond donors (Lipinski definition) is 0. The minimum absolute atomic E-state index is 0.404. The molecule has 0 N–H and O–H groups in total. The third-order valence-corrected chi connectivity index (χ3v) is 2.61. The number of nitriles is 1. The molecule has 0 aliphatic carbocycles. The van der Waals surface area contributed by atoms with Gasteiger partial charge in [-0.05, 0) is 11.6 Å². The highest BCUT2D eigenvalue weighted by Gasteiger charge is 2.08. The fourth-order valence-corrected chi connectivity index (χ4v) is 2.06. The SMILES string of the molecule is Cn1cc(Cl)c2c(CC#N)cccc21. The second kappa shape index (κ2) is 3.36. The predicted octanol–water partition coefficient (Wildman–Crippen LogP) is 2.90. The average molecular weight is 205 g/mol. The third kappa shape index (κ3) is 1.26. The predicted molar refractivity (Wildman–Crippen MR) is 57.2 cm³/mol. The molecule has 0 amide bonds. The van der Waals surface area contributed by atoms with Gasteiger partial charge in [0.1, 0.15) is 0 Å². The molecule has 0 saturated heterocycles. The van der Waals surface area contributed by atoms with Crippen molar-refractivity contribution in [1.82, 2.24) is 4.57 Å². The van der Waals surface area contributed by atoms with Crippen LogP contribution in [0.1, 0.15) is 5.56 Å². The lowest BCUT2D eigenvalue weighted by atomic mass is 10.1. The van der Waals surface area contributed by atoms with Gasteiger partial charge in [-0.2, -0.15) is 5.26 Å². The van der Waals surface area contributed by atoms with Crippen LogP contribution in [0.3, 0.4) is 0 Å². The molecule has 3 heteroatoms. The van der Waals surface area contributed by atoms with E-state index in [4.69, 9.17) is 16.9 Å². The Labute approximate surface area is 87.3 Å². The average Bonchev–Trinajstić information content (AvgIpc) is 2.44. The lowest BCUT2D eigenvalue weighted by Gasteiger charge is -1.99. The van der Waals surface area contributed by atoms with Crippen LogP contribution in [0.5, 0.6) is 0 Å². The zero-order chi connectivity index (χ0) is 10.1. The van der Waals surface area contributed by atoms with Gasteiger partial charge >= 0.3 is 0 Å². The Bertz CT molecular complexity index is 520. The number of benzene rings is 1. The van der Waals surface area contributed by atoms with Gasteiger partial charge in [-0.25, -0.2) is 0 Å². The second-order valence-electron chi connectivity index (χ2n) is 3.23. The Balaban J connectivity index is 2.80. The van der Waals surface area contributed by atoms with Crippen molar-refractivity contribution in [2.24, 2.45) is 7.05 Å². The lowest BCUT2D eigenvalue weighted by Crippen LogP contribution is -1.86. The highest BCUT2D eigenvalue weighted by atomic mass is 35.5. The third-order valence-electron chi connectivity index (χ3n) is 2.32. The number of rotatable bonds is 1. The van der Waals surface area contributed by atoms with Gasteiger partial charge in [-0.3, -0.25) is 0 Å². The molecule has 2 aromatic rings. The van der Waals surface area contributed by atoms with Crippen LogP contribution in [0, 0.1) is 11.3 Å². The Kier molecular flexibility index (Phi) is 2.18. The van der Waals surface area contributed by atoms with Gasteiger partial charge in [0.15, 0.2) is 0 Å². The summed E-state index contributed by atoms with van der Waals surface area (Å²) in [4.78, 5) is 0. The van der Waals surface area contributed by atoms with Crippen LogP contribution in [-0.2, 0) is 13.5 Å². The molecule has 0 unspecified atom stereocenters. The van der Waals surface area contributed by atoms with E-state index in [9.17, 15) is 0 Å². The Morgan fingerprint density at radius 1 is 1.50 bits per heavy atom. The molecular formula is C11H9ClN2. The van der Waals surface area contributed by atoms with Crippen molar-refractivity contribution in [3.8, 4) is 6.07 Å². The topological polar surface area (TPSA) is 28.7 Å². The number of halogens is 1. The molecule has 0 bridgehead atoms.